The molecule has 2 aromatic carbocycles. The molecule has 134 valence electrons. The van der Waals surface area contributed by atoms with Gasteiger partial charge in [0, 0.05) is 24.7 Å². The van der Waals surface area contributed by atoms with Crippen LogP contribution in [0.1, 0.15) is 13.3 Å². The first-order valence-electron chi connectivity index (χ1n) is 8.15. The first kappa shape index (κ1) is 18.4. The number of benzene rings is 2. The summed E-state index contributed by atoms with van der Waals surface area (Å²) in [6, 6.07) is 12.9. The van der Waals surface area contributed by atoms with Crippen molar-refractivity contribution in [2.75, 3.05) is 38.0 Å². The molecule has 0 radical (unpaired) electrons. The van der Waals surface area contributed by atoms with E-state index in [2.05, 4.69) is 10.6 Å². The van der Waals surface area contributed by atoms with E-state index < -0.39 is 0 Å². The fourth-order valence-electron chi connectivity index (χ4n) is 2.27. The standard InChI is InChI=1S/C19H24N2O4/c1-4-25-15-7-5-14(6-8-15)20-12-11-19(22)21-17-10-9-16(23-2)13-18(17)24-3/h5-10,13,20H,4,11-12H2,1-3H3,(H,21,22). The van der Waals surface area contributed by atoms with E-state index in [0.29, 0.717) is 36.8 Å². The van der Waals surface area contributed by atoms with Crippen LogP contribution < -0.4 is 24.8 Å². The predicted octanol–water partition coefficient (Wildman–Crippen LogP) is 3.54. The molecule has 2 rings (SSSR count). The van der Waals surface area contributed by atoms with Gasteiger partial charge in [-0.15, -0.1) is 0 Å². The molecule has 0 fully saturated rings. The van der Waals surface area contributed by atoms with Crippen molar-refractivity contribution >= 4 is 17.3 Å². The van der Waals surface area contributed by atoms with E-state index in [1.54, 1.807) is 32.4 Å². The maximum absolute atomic E-state index is 12.1. The Morgan fingerprint density at radius 2 is 1.72 bits per heavy atom. The van der Waals surface area contributed by atoms with Crippen LogP contribution >= 0.6 is 0 Å². The molecular weight excluding hydrogens is 320 g/mol. The predicted molar refractivity (Wildman–Crippen MR) is 98.9 cm³/mol. The molecule has 0 spiro atoms. The van der Waals surface area contributed by atoms with Crippen LogP contribution in [0.3, 0.4) is 0 Å². The zero-order valence-corrected chi connectivity index (χ0v) is 14.8. The molecule has 6 heteroatoms. The van der Waals surface area contributed by atoms with Crippen LogP contribution in [0.5, 0.6) is 17.2 Å². The van der Waals surface area contributed by atoms with E-state index in [1.165, 1.54) is 0 Å². The second-order valence-corrected chi connectivity index (χ2v) is 5.25. The van der Waals surface area contributed by atoms with E-state index >= 15 is 0 Å². The number of rotatable bonds is 9. The number of carbonyl (C=O) groups is 1. The van der Waals surface area contributed by atoms with Gasteiger partial charge in [0.1, 0.15) is 17.2 Å². The average molecular weight is 344 g/mol. The molecule has 0 bridgehead atoms. The van der Waals surface area contributed by atoms with Crippen molar-refractivity contribution in [3.63, 3.8) is 0 Å². The highest BCUT2D eigenvalue weighted by molar-refractivity contribution is 5.92. The summed E-state index contributed by atoms with van der Waals surface area (Å²) in [6.45, 7) is 3.11. The van der Waals surface area contributed by atoms with Gasteiger partial charge in [0.15, 0.2) is 0 Å². The summed E-state index contributed by atoms with van der Waals surface area (Å²) < 4.78 is 15.8. The smallest absolute Gasteiger partial charge is 0.226 e. The molecule has 25 heavy (non-hydrogen) atoms. The van der Waals surface area contributed by atoms with E-state index in [4.69, 9.17) is 14.2 Å². The van der Waals surface area contributed by atoms with Gasteiger partial charge in [0.05, 0.1) is 26.5 Å². The van der Waals surface area contributed by atoms with Gasteiger partial charge in [0.2, 0.25) is 5.91 Å². The van der Waals surface area contributed by atoms with Crippen molar-refractivity contribution in [3.05, 3.63) is 42.5 Å². The molecular formula is C19H24N2O4. The second-order valence-electron chi connectivity index (χ2n) is 5.25. The lowest BCUT2D eigenvalue weighted by molar-refractivity contribution is -0.116. The molecule has 0 unspecified atom stereocenters. The number of ether oxygens (including phenoxy) is 3. The highest BCUT2D eigenvalue weighted by Gasteiger charge is 2.08. The van der Waals surface area contributed by atoms with Crippen molar-refractivity contribution in [1.29, 1.82) is 0 Å². The molecule has 2 N–H and O–H groups in total. The summed E-state index contributed by atoms with van der Waals surface area (Å²) in [5, 5.41) is 6.06. The molecule has 0 saturated heterocycles. The summed E-state index contributed by atoms with van der Waals surface area (Å²) in [7, 11) is 3.14. The lowest BCUT2D eigenvalue weighted by Crippen LogP contribution is -2.16. The first-order valence-corrected chi connectivity index (χ1v) is 8.15. The van der Waals surface area contributed by atoms with E-state index in [0.717, 1.165) is 11.4 Å². The molecule has 2 aromatic rings. The molecule has 0 saturated carbocycles. The van der Waals surface area contributed by atoms with Gasteiger partial charge < -0.3 is 24.8 Å². The van der Waals surface area contributed by atoms with E-state index in [9.17, 15) is 4.79 Å². The average Bonchev–Trinajstić information content (AvgIpc) is 2.63. The second kappa shape index (κ2) is 9.42. The number of hydrogen-bond donors (Lipinski definition) is 2. The zero-order chi connectivity index (χ0) is 18.1. The van der Waals surface area contributed by atoms with Gasteiger partial charge in [-0.05, 0) is 43.3 Å². The van der Waals surface area contributed by atoms with Crippen LogP contribution in [0.4, 0.5) is 11.4 Å². The summed E-state index contributed by atoms with van der Waals surface area (Å²) in [6.07, 6.45) is 0.336. The third-order valence-corrected chi connectivity index (χ3v) is 3.53. The highest BCUT2D eigenvalue weighted by atomic mass is 16.5. The Hall–Kier alpha value is -2.89. The molecule has 0 aromatic heterocycles. The lowest BCUT2D eigenvalue weighted by atomic mass is 10.2. The third kappa shape index (κ3) is 5.60. The fraction of sp³-hybridized carbons (Fsp3) is 0.316. The van der Waals surface area contributed by atoms with Crippen molar-refractivity contribution in [1.82, 2.24) is 0 Å². The van der Waals surface area contributed by atoms with Gasteiger partial charge in [-0.3, -0.25) is 4.79 Å². The molecule has 0 atom stereocenters. The van der Waals surface area contributed by atoms with E-state index in [-0.39, 0.29) is 5.91 Å². The summed E-state index contributed by atoms with van der Waals surface area (Å²) >= 11 is 0. The Balaban J connectivity index is 1.82. The van der Waals surface area contributed by atoms with Gasteiger partial charge >= 0.3 is 0 Å². The zero-order valence-electron chi connectivity index (χ0n) is 14.8. The van der Waals surface area contributed by atoms with Gasteiger partial charge in [-0.25, -0.2) is 0 Å². The van der Waals surface area contributed by atoms with Crippen molar-refractivity contribution < 1.29 is 19.0 Å². The third-order valence-electron chi connectivity index (χ3n) is 3.53. The molecule has 1 amide bonds. The maximum Gasteiger partial charge on any atom is 0.226 e. The molecule has 0 aliphatic heterocycles. The molecule has 0 aliphatic carbocycles. The monoisotopic (exact) mass is 344 g/mol. The minimum atomic E-state index is -0.0955. The van der Waals surface area contributed by atoms with Crippen molar-refractivity contribution in [2.24, 2.45) is 0 Å². The Morgan fingerprint density at radius 3 is 2.36 bits per heavy atom. The number of carbonyl (C=O) groups excluding carboxylic acids is 1. The SMILES string of the molecule is CCOc1ccc(NCCC(=O)Nc2ccc(OC)cc2OC)cc1. The minimum Gasteiger partial charge on any atom is -0.497 e. The Bertz CT molecular complexity index is 686. The Labute approximate surface area is 148 Å². The van der Waals surface area contributed by atoms with E-state index in [1.807, 2.05) is 31.2 Å². The largest absolute Gasteiger partial charge is 0.497 e. The van der Waals surface area contributed by atoms with Gasteiger partial charge in [0.25, 0.3) is 0 Å². The Morgan fingerprint density at radius 1 is 1.00 bits per heavy atom. The number of hydrogen-bond acceptors (Lipinski definition) is 5. The number of methoxy groups -OCH3 is 2. The molecule has 0 aliphatic rings. The van der Waals surface area contributed by atoms with Crippen LogP contribution in [0.2, 0.25) is 0 Å². The normalized spacial score (nSPS) is 10.0. The van der Waals surface area contributed by atoms with Crippen LogP contribution in [0, 0.1) is 0 Å². The minimum absolute atomic E-state index is 0.0955. The highest BCUT2D eigenvalue weighted by Crippen LogP contribution is 2.29. The van der Waals surface area contributed by atoms with Crippen LogP contribution in [-0.2, 0) is 4.79 Å². The van der Waals surface area contributed by atoms with Gasteiger partial charge in [-0.2, -0.15) is 0 Å². The van der Waals surface area contributed by atoms with Gasteiger partial charge in [-0.1, -0.05) is 0 Å². The summed E-state index contributed by atoms with van der Waals surface area (Å²) in [4.78, 5) is 12.1. The molecule has 0 heterocycles. The topological polar surface area (TPSA) is 68.8 Å². The Kier molecular flexibility index (Phi) is 6.95. The first-order chi connectivity index (χ1) is 12.2. The van der Waals surface area contributed by atoms with Crippen molar-refractivity contribution in [2.45, 2.75) is 13.3 Å². The van der Waals surface area contributed by atoms with Crippen LogP contribution in [0.15, 0.2) is 42.5 Å². The molecule has 6 nitrogen and oxygen atoms in total. The summed E-state index contributed by atoms with van der Waals surface area (Å²) in [5.74, 6) is 1.97. The number of anilines is 2. The lowest BCUT2D eigenvalue weighted by Gasteiger charge is -2.12. The summed E-state index contributed by atoms with van der Waals surface area (Å²) in [5.41, 5.74) is 1.56. The van der Waals surface area contributed by atoms with Crippen LogP contribution in [0.25, 0.3) is 0 Å². The maximum atomic E-state index is 12.1. The quantitative estimate of drug-likeness (QED) is 0.728. The number of nitrogens with one attached hydrogen (secondary N) is 2. The van der Waals surface area contributed by atoms with Crippen LogP contribution in [-0.4, -0.2) is 33.3 Å². The fourth-order valence-corrected chi connectivity index (χ4v) is 2.27. The number of amides is 1. The van der Waals surface area contributed by atoms with Crippen molar-refractivity contribution in [3.8, 4) is 17.2 Å².